The van der Waals surface area contributed by atoms with Gasteiger partial charge in [-0.05, 0) is 64.7 Å². The quantitative estimate of drug-likeness (QED) is 0.187. The standard InChI is InChI=1S/C44H28N4/c45-29-30-18-20-35(21-19-30)43-44(48-40-17-8-7-16-39(40)47-43)37-15-9-14-36(26-37)31-22-24-32(25-23-31)38-27-41(33-10-3-1-4-11-33)46-42(28-38)34-12-5-2-6-13-34/h1-28H. The fourth-order valence-corrected chi connectivity index (χ4v) is 6.02. The van der Waals surface area contributed by atoms with Crippen molar-refractivity contribution in [3.63, 3.8) is 0 Å². The maximum absolute atomic E-state index is 9.33. The molecule has 0 aliphatic carbocycles. The minimum absolute atomic E-state index is 0.610. The average Bonchev–Trinajstić information content (AvgIpc) is 3.18. The van der Waals surface area contributed by atoms with Crippen molar-refractivity contribution in [2.45, 2.75) is 0 Å². The first-order chi connectivity index (χ1) is 23.7. The lowest BCUT2D eigenvalue weighted by molar-refractivity contribution is 1.29. The van der Waals surface area contributed by atoms with Crippen LogP contribution in [-0.2, 0) is 0 Å². The van der Waals surface area contributed by atoms with Gasteiger partial charge in [-0.3, -0.25) is 0 Å². The van der Waals surface area contributed by atoms with Crippen molar-refractivity contribution >= 4 is 11.0 Å². The highest BCUT2D eigenvalue weighted by molar-refractivity contribution is 5.87. The molecule has 0 radical (unpaired) electrons. The summed E-state index contributed by atoms with van der Waals surface area (Å²) in [6, 6.07) is 59.8. The van der Waals surface area contributed by atoms with Crippen molar-refractivity contribution in [2.24, 2.45) is 0 Å². The van der Waals surface area contributed by atoms with Gasteiger partial charge in [0.05, 0.1) is 45.4 Å². The van der Waals surface area contributed by atoms with Crippen LogP contribution in [0, 0.1) is 11.3 Å². The molecule has 0 N–H and O–H groups in total. The van der Waals surface area contributed by atoms with Crippen LogP contribution in [0.4, 0.5) is 0 Å². The molecule has 8 rings (SSSR count). The van der Waals surface area contributed by atoms with E-state index in [4.69, 9.17) is 15.0 Å². The molecular formula is C44H28N4. The number of benzene rings is 6. The molecule has 8 aromatic rings. The maximum atomic E-state index is 9.33. The molecule has 0 atom stereocenters. The molecule has 0 amide bonds. The van der Waals surface area contributed by atoms with Crippen LogP contribution < -0.4 is 0 Å². The Morgan fingerprint density at radius 1 is 0.333 bits per heavy atom. The molecule has 224 valence electrons. The average molecular weight is 613 g/mol. The number of fused-ring (bicyclic) bond motifs is 1. The number of hydrogen-bond donors (Lipinski definition) is 0. The van der Waals surface area contributed by atoms with E-state index in [1.54, 1.807) is 0 Å². The lowest BCUT2D eigenvalue weighted by Gasteiger charge is -2.13. The van der Waals surface area contributed by atoms with E-state index in [0.29, 0.717) is 5.56 Å². The zero-order valence-electron chi connectivity index (χ0n) is 26.0. The zero-order valence-corrected chi connectivity index (χ0v) is 26.0. The zero-order chi connectivity index (χ0) is 32.3. The Morgan fingerprint density at radius 3 is 1.35 bits per heavy atom. The van der Waals surface area contributed by atoms with E-state index in [-0.39, 0.29) is 0 Å². The van der Waals surface area contributed by atoms with E-state index in [1.807, 2.05) is 84.9 Å². The lowest BCUT2D eigenvalue weighted by Crippen LogP contribution is -1.96. The van der Waals surface area contributed by atoms with E-state index in [2.05, 4.69) is 91.0 Å². The molecule has 0 aliphatic rings. The molecule has 2 heterocycles. The van der Waals surface area contributed by atoms with Crippen LogP contribution >= 0.6 is 0 Å². The van der Waals surface area contributed by atoms with Crippen molar-refractivity contribution in [3.05, 3.63) is 175 Å². The molecule has 6 aromatic carbocycles. The summed E-state index contributed by atoms with van der Waals surface area (Å²) < 4.78 is 0. The summed E-state index contributed by atoms with van der Waals surface area (Å²) in [4.78, 5) is 15.2. The highest BCUT2D eigenvalue weighted by atomic mass is 14.8. The molecule has 0 bridgehead atoms. The Morgan fingerprint density at radius 2 is 0.792 bits per heavy atom. The van der Waals surface area contributed by atoms with Crippen LogP contribution in [-0.4, -0.2) is 15.0 Å². The van der Waals surface area contributed by atoms with Crippen molar-refractivity contribution in [1.82, 2.24) is 15.0 Å². The molecule has 0 saturated heterocycles. The summed E-state index contributed by atoms with van der Waals surface area (Å²) in [5.41, 5.74) is 14.2. The second-order valence-corrected chi connectivity index (χ2v) is 11.6. The predicted octanol–water partition coefficient (Wildman–Crippen LogP) is 10.9. The summed E-state index contributed by atoms with van der Waals surface area (Å²) in [7, 11) is 0. The lowest BCUT2D eigenvalue weighted by atomic mass is 9.96. The summed E-state index contributed by atoms with van der Waals surface area (Å²) >= 11 is 0. The molecule has 0 spiro atoms. The summed E-state index contributed by atoms with van der Waals surface area (Å²) in [6.07, 6.45) is 0. The Balaban J connectivity index is 1.18. The van der Waals surface area contributed by atoms with Gasteiger partial charge >= 0.3 is 0 Å². The van der Waals surface area contributed by atoms with E-state index >= 15 is 0 Å². The van der Waals surface area contributed by atoms with Crippen LogP contribution in [0.25, 0.3) is 78.3 Å². The third kappa shape index (κ3) is 5.73. The Labute approximate surface area is 279 Å². The monoisotopic (exact) mass is 612 g/mol. The molecule has 48 heavy (non-hydrogen) atoms. The SMILES string of the molecule is N#Cc1ccc(-c2nc3ccccc3nc2-c2cccc(-c3ccc(-c4cc(-c5ccccc5)nc(-c5ccccc5)c4)cc3)c2)cc1. The number of aromatic nitrogens is 3. The first-order valence-electron chi connectivity index (χ1n) is 15.8. The first kappa shape index (κ1) is 28.8. The smallest absolute Gasteiger partial charge is 0.0991 e. The predicted molar refractivity (Wildman–Crippen MR) is 195 cm³/mol. The minimum Gasteiger partial charge on any atom is -0.248 e. The third-order valence-electron chi connectivity index (χ3n) is 8.51. The summed E-state index contributed by atoms with van der Waals surface area (Å²) in [6.45, 7) is 0. The molecule has 0 saturated carbocycles. The van der Waals surface area contributed by atoms with Gasteiger partial charge in [0.2, 0.25) is 0 Å². The van der Waals surface area contributed by atoms with Gasteiger partial charge in [0, 0.05) is 22.3 Å². The van der Waals surface area contributed by atoms with Crippen LogP contribution in [0.5, 0.6) is 0 Å². The topological polar surface area (TPSA) is 62.5 Å². The molecule has 4 nitrogen and oxygen atoms in total. The fraction of sp³-hybridized carbons (Fsp3) is 0. The molecular weight excluding hydrogens is 585 g/mol. The molecule has 4 heteroatoms. The highest BCUT2D eigenvalue weighted by Gasteiger charge is 2.15. The van der Waals surface area contributed by atoms with Gasteiger partial charge < -0.3 is 0 Å². The van der Waals surface area contributed by atoms with Gasteiger partial charge in [-0.15, -0.1) is 0 Å². The minimum atomic E-state index is 0.610. The van der Waals surface area contributed by atoms with E-state index < -0.39 is 0 Å². The van der Waals surface area contributed by atoms with E-state index in [1.165, 1.54) is 0 Å². The highest BCUT2D eigenvalue weighted by Crippen LogP contribution is 2.35. The molecule has 0 aliphatic heterocycles. The molecule has 0 unspecified atom stereocenters. The van der Waals surface area contributed by atoms with Gasteiger partial charge in [-0.25, -0.2) is 15.0 Å². The van der Waals surface area contributed by atoms with Gasteiger partial charge in [0.15, 0.2) is 0 Å². The Hall–Kier alpha value is -6.70. The van der Waals surface area contributed by atoms with E-state index in [9.17, 15) is 5.26 Å². The number of rotatable bonds is 6. The van der Waals surface area contributed by atoms with E-state index in [0.717, 1.165) is 78.3 Å². The number of nitriles is 1. The number of hydrogen-bond acceptors (Lipinski definition) is 4. The van der Waals surface area contributed by atoms with Crippen molar-refractivity contribution in [3.8, 4) is 73.4 Å². The summed E-state index contributed by atoms with van der Waals surface area (Å²) in [5, 5.41) is 9.33. The van der Waals surface area contributed by atoms with Crippen LogP contribution in [0.3, 0.4) is 0 Å². The van der Waals surface area contributed by atoms with Crippen LogP contribution in [0.15, 0.2) is 170 Å². The van der Waals surface area contributed by atoms with Crippen molar-refractivity contribution < 1.29 is 0 Å². The van der Waals surface area contributed by atoms with Crippen LogP contribution in [0.2, 0.25) is 0 Å². The van der Waals surface area contributed by atoms with Gasteiger partial charge in [0.25, 0.3) is 0 Å². The first-order valence-corrected chi connectivity index (χ1v) is 15.8. The molecule has 2 aromatic heterocycles. The second kappa shape index (κ2) is 12.6. The van der Waals surface area contributed by atoms with Gasteiger partial charge in [-0.1, -0.05) is 127 Å². The summed E-state index contributed by atoms with van der Waals surface area (Å²) in [5.74, 6) is 0. The number of nitrogens with zero attached hydrogens (tertiary/aromatic N) is 4. The Kier molecular flexibility index (Phi) is 7.54. The van der Waals surface area contributed by atoms with Gasteiger partial charge in [0.1, 0.15) is 0 Å². The normalized spacial score (nSPS) is 10.9. The van der Waals surface area contributed by atoms with Crippen molar-refractivity contribution in [1.29, 1.82) is 5.26 Å². The Bertz CT molecular complexity index is 2370. The van der Waals surface area contributed by atoms with Crippen LogP contribution in [0.1, 0.15) is 5.56 Å². The third-order valence-corrected chi connectivity index (χ3v) is 8.51. The van der Waals surface area contributed by atoms with Gasteiger partial charge in [-0.2, -0.15) is 5.26 Å². The largest absolute Gasteiger partial charge is 0.248 e. The maximum Gasteiger partial charge on any atom is 0.0991 e. The molecule has 0 fully saturated rings. The fourth-order valence-electron chi connectivity index (χ4n) is 6.02. The number of para-hydroxylation sites is 2. The number of pyridine rings is 1. The second-order valence-electron chi connectivity index (χ2n) is 11.6. The van der Waals surface area contributed by atoms with Crippen molar-refractivity contribution in [2.75, 3.05) is 0 Å².